The monoisotopic (exact) mass is 367 g/mol. The van der Waals surface area contributed by atoms with E-state index in [1.165, 1.54) is 18.5 Å². The molecule has 27 heavy (non-hydrogen) atoms. The van der Waals surface area contributed by atoms with Gasteiger partial charge in [0, 0.05) is 54.8 Å². The van der Waals surface area contributed by atoms with Crippen LogP contribution in [0.3, 0.4) is 0 Å². The lowest BCUT2D eigenvalue weighted by molar-refractivity contribution is 0.300. The van der Waals surface area contributed by atoms with Gasteiger partial charge in [0.05, 0.1) is 6.26 Å². The van der Waals surface area contributed by atoms with E-state index in [1.54, 1.807) is 0 Å². The second-order valence-electron chi connectivity index (χ2n) is 7.21. The van der Waals surface area contributed by atoms with Gasteiger partial charge in [0.2, 0.25) is 0 Å². The molecule has 0 bridgehead atoms. The van der Waals surface area contributed by atoms with E-state index in [4.69, 9.17) is 10.8 Å². The van der Waals surface area contributed by atoms with Crippen molar-refractivity contribution >= 4 is 23.3 Å². The number of hydrogen-bond acceptors (Lipinski definition) is 5. The molecule has 5 N–H and O–H groups in total. The molecule has 1 aromatic carbocycles. The van der Waals surface area contributed by atoms with Crippen molar-refractivity contribution in [1.29, 1.82) is 10.8 Å². The molecule has 6 nitrogen and oxygen atoms in total. The topological polar surface area (TPSA) is 95.2 Å². The summed E-state index contributed by atoms with van der Waals surface area (Å²) in [6, 6.07) is 7.44. The van der Waals surface area contributed by atoms with Gasteiger partial charge in [-0.3, -0.25) is 10.3 Å². The predicted molar refractivity (Wildman–Crippen MR) is 112 cm³/mol. The number of amidine groups is 1. The quantitative estimate of drug-likeness (QED) is 0.276. The number of benzene rings is 1. The Morgan fingerprint density at radius 1 is 1.37 bits per heavy atom. The maximum Gasteiger partial charge on any atom is 0.128 e. The zero-order valence-electron chi connectivity index (χ0n) is 15.9. The van der Waals surface area contributed by atoms with Crippen LogP contribution in [-0.2, 0) is 0 Å². The first-order valence-electron chi connectivity index (χ1n) is 9.64. The summed E-state index contributed by atoms with van der Waals surface area (Å²) in [6.07, 6.45) is 5.62. The summed E-state index contributed by atoms with van der Waals surface area (Å²) in [6.45, 7) is 5.95. The van der Waals surface area contributed by atoms with E-state index in [-0.39, 0.29) is 0 Å². The molecule has 144 valence electrons. The van der Waals surface area contributed by atoms with Crippen molar-refractivity contribution in [2.45, 2.75) is 26.2 Å². The Bertz CT molecular complexity index is 764. The fourth-order valence-corrected chi connectivity index (χ4v) is 3.29. The summed E-state index contributed by atoms with van der Waals surface area (Å²) in [5.74, 6) is 1.21. The van der Waals surface area contributed by atoms with Gasteiger partial charge in [-0.15, -0.1) is 0 Å². The van der Waals surface area contributed by atoms with Crippen LogP contribution in [-0.4, -0.2) is 48.2 Å². The molecule has 0 spiro atoms. The number of rotatable bonds is 8. The molecule has 0 aromatic heterocycles. The van der Waals surface area contributed by atoms with Crippen molar-refractivity contribution in [2.75, 3.05) is 31.5 Å². The van der Waals surface area contributed by atoms with Gasteiger partial charge < -0.3 is 21.1 Å². The third kappa shape index (κ3) is 4.98. The molecular weight excluding hydrogens is 338 g/mol. The molecule has 1 aromatic rings. The Kier molecular flexibility index (Phi) is 6.29. The molecule has 1 fully saturated rings. The standard InChI is InChI=1S/C21H29N5O/c1-2-26-9-8-20(24-12-15-6-7-15)19(13-26)21(23)25-18-5-3-4-16(10-18)17(11-22)14-27/h3-5,10-11,14-15,22,24,27H,2,6-9,12-13H2,1H3,(H2,23,25)/b17-14+,22-11?. The summed E-state index contributed by atoms with van der Waals surface area (Å²) >= 11 is 0. The molecule has 2 aliphatic rings. The highest BCUT2D eigenvalue weighted by Crippen LogP contribution is 2.29. The zero-order valence-corrected chi connectivity index (χ0v) is 15.9. The van der Waals surface area contributed by atoms with Crippen LogP contribution in [0.1, 0.15) is 31.7 Å². The first kappa shape index (κ1) is 19.2. The lowest BCUT2D eigenvalue weighted by Crippen LogP contribution is -2.38. The van der Waals surface area contributed by atoms with Gasteiger partial charge in [-0.25, -0.2) is 0 Å². The van der Waals surface area contributed by atoms with Crippen molar-refractivity contribution in [3.05, 3.63) is 47.4 Å². The zero-order chi connectivity index (χ0) is 19.2. The minimum Gasteiger partial charge on any atom is -0.515 e. The van der Waals surface area contributed by atoms with Crippen molar-refractivity contribution in [3.63, 3.8) is 0 Å². The van der Waals surface area contributed by atoms with Crippen LogP contribution in [0, 0.1) is 16.7 Å². The van der Waals surface area contributed by atoms with Crippen LogP contribution in [0.15, 0.2) is 41.8 Å². The average molecular weight is 367 g/mol. The molecule has 0 atom stereocenters. The molecule has 1 aliphatic carbocycles. The van der Waals surface area contributed by atoms with Gasteiger partial charge in [-0.2, -0.15) is 0 Å². The molecule has 1 aliphatic heterocycles. The van der Waals surface area contributed by atoms with E-state index >= 15 is 0 Å². The second kappa shape index (κ2) is 8.86. The first-order valence-corrected chi connectivity index (χ1v) is 9.64. The van der Waals surface area contributed by atoms with Crippen LogP contribution in [0.5, 0.6) is 0 Å². The van der Waals surface area contributed by atoms with Crippen LogP contribution in [0.2, 0.25) is 0 Å². The molecule has 1 saturated carbocycles. The Balaban J connectivity index is 1.77. The largest absolute Gasteiger partial charge is 0.515 e. The molecule has 0 radical (unpaired) electrons. The fraction of sp³-hybridized carbons (Fsp3) is 0.429. The van der Waals surface area contributed by atoms with E-state index in [9.17, 15) is 5.11 Å². The van der Waals surface area contributed by atoms with Crippen molar-refractivity contribution < 1.29 is 5.11 Å². The highest BCUT2D eigenvalue weighted by atomic mass is 16.2. The number of anilines is 1. The van der Waals surface area contributed by atoms with Gasteiger partial charge in [0.1, 0.15) is 5.84 Å². The predicted octanol–water partition coefficient (Wildman–Crippen LogP) is 3.60. The minimum atomic E-state index is 0.410. The number of hydrogen-bond donors (Lipinski definition) is 5. The van der Waals surface area contributed by atoms with E-state index < -0.39 is 0 Å². The molecule has 3 rings (SSSR count). The van der Waals surface area contributed by atoms with Gasteiger partial charge in [-0.05, 0) is 43.0 Å². The van der Waals surface area contributed by atoms with Gasteiger partial charge in [0.15, 0.2) is 0 Å². The Hall–Kier alpha value is -2.60. The number of nitrogens with zero attached hydrogens (tertiary/aromatic N) is 1. The fourth-order valence-electron chi connectivity index (χ4n) is 3.29. The van der Waals surface area contributed by atoms with Crippen molar-refractivity contribution in [1.82, 2.24) is 10.2 Å². The highest BCUT2D eigenvalue weighted by Gasteiger charge is 2.25. The lowest BCUT2D eigenvalue weighted by atomic mass is 10.0. The maximum absolute atomic E-state index is 9.26. The van der Waals surface area contributed by atoms with Crippen LogP contribution in [0.4, 0.5) is 5.69 Å². The molecule has 1 heterocycles. The number of allylic oxidation sites excluding steroid dienone is 1. The summed E-state index contributed by atoms with van der Waals surface area (Å²) in [4.78, 5) is 2.35. The maximum atomic E-state index is 9.26. The van der Waals surface area contributed by atoms with Crippen molar-refractivity contribution in [2.24, 2.45) is 5.92 Å². The smallest absolute Gasteiger partial charge is 0.128 e. The summed E-state index contributed by atoms with van der Waals surface area (Å²) in [7, 11) is 0. The number of likely N-dealkylation sites (N-methyl/N-ethyl adjacent to an activating group) is 1. The SMILES string of the molecule is CCN1CCC(NCC2CC2)=C(C(=N)Nc2cccc(/C(C=N)=C/O)c2)C1. The molecule has 0 amide bonds. The lowest BCUT2D eigenvalue weighted by Gasteiger charge is -2.31. The Morgan fingerprint density at radius 3 is 2.85 bits per heavy atom. The minimum absolute atomic E-state index is 0.410. The van der Waals surface area contributed by atoms with E-state index in [0.29, 0.717) is 11.4 Å². The van der Waals surface area contributed by atoms with Crippen LogP contribution < -0.4 is 10.6 Å². The van der Waals surface area contributed by atoms with Gasteiger partial charge >= 0.3 is 0 Å². The summed E-state index contributed by atoms with van der Waals surface area (Å²) in [5, 5.41) is 32.1. The van der Waals surface area contributed by atoms with Crippen molar-refractivity contribution in [3.8, 4) is 0 Å². The molecule has 0 unspecified atom stereocenters. The third-order valence-electron chi connectivity index (χ3n) is 5.23. The number of nitrogens with one attached hydrogen (secondary N) is 4. The number of aliphatic hydroxyl groups excluding tert-OH is 1. The molecular formula is C21H29N5O. The first-order chi connectivity index (χ1) is 13.1. The van der Waals surface area contributed by atoms with Gasteiger partial charge in [0.25, 0.3) is 0 Å². The average Bonchev–Trinajstić information content (AvgIpc) is 3.52. The highest BCUT2D eigenvalue weighted by molar-refractivity contribution is 6.09. The van der Waals surface area contributed by atoms with E-state index in [1.807, 2.05) is 24.3 Å². The third-order valence-corrected chi connectivity index (χ3v) is 5.23. The second-order valence-corrected chi connectivity index (χ2v) is 7.21. The normalized spacial score (nSPS) is 18.3. The molecule has 6 heteroatoms. The summed E-state index contributed by atoms with van der Waals surface area (Å²) < 4.78 is 0. The number of aliphatic hydroxyl groups is 1. The Labute approximate surface area is 161 Å². The molecule has 0 saturated heterocycles. The summed E-state index contributed by atoms with van der Waals surface area (Å²) in [5.41, 5.74) is 4.17. The van der Waals surface area contributed by atoms with Gasteiger partial charge in [-0.1, -0.05) is 19.1 Å². The Morgan fingerprint density at radius 2 is 2.19 bits per heavy atom. The van der Waals surface area contributed by atoms with E-state index in [2.05, 4.69) is 22.5 Å². The van der Waals surface area contributed by atoms with Crippen LogP contribution >= 0.6 is 0 Å². The van der Waals surface area contributed by atoms with E-state index in [0.717, 1.165) is 67.8 Å². The van der Waals surface area contributed by atoms with Crippen LogP contribution in [0.25, 0.3) is 5.57 Å².